The van der Waals surface area contributed by atoms with E-state index < -0.39 is 11.2 Å². The molecular formula is C9H17BN2O2. The van der Waals surface area contributed by atoms with Crippen LogP contribution >= 0.6 is 0 Å². The summed E-state index contributed by atoms with van der Waals surface area (Å²) in [6, 6.07) is 0. The number of nitrogens with zero attached hydrogens (tertiary/aromatic N) is 1. The average molecular weight is 196 g/mol. The first-order valence-corrected chi connectivity index (χ1v) is 4.67. The van der Waals surface area contributed by atoms with Crippen molar-refractivity contribution in [2.24, 2.45) is 0 Å². The molecule has 0 aromatic carbocycles. The highest BCUT2D eigenvalue weighted by Crippen LogP contribution is 2.23. The van der Waals surface area contributed by atoms with Gasteiger partial charge in [0.25, 0.3) is 0 Å². The van der Waals surface area contributed by atoms with Crippen molar-refractivity contribution in [3.8, 4) is 0 Å². The summed E-state index contributed by atoms with van der Waals surface area (Å²) in [7, 11) is 0.452. The Bertz CT molecular complexity index is 278. The molecule has 1 aromatic rings. The van der Waals surface area contributed by atoms with Crippen LogP contribution in [-0.2, 0) is 4.65 Å². The standard InChI is InChI=1S/C9H17BN2O2/c1-8(2,13)9(3,4)14-10-7-5-11-12-6-7/h5-6,10,13H,1-4H3,(H,11,12). The summed E-state index contributed by atoms with van der Waals surface area (Å²) >= 11 is 0. The Kier molecular flexibility index (Phi) is 3.02. The lowest BCUT2D eigenvalue weighted by Crippen LogP contribution is -2.49. The smallest absolute Gasteiger partial charge is 0.312 e. The topological polar surface area (TPSA) is 58.1 Å². The zero-order valence-corrected chi connectivity index (χ0v) is 9.16. The number of hydrogen-bond donors (Lipinski definition) is 2. The van der Waals surface area contributed by atoms with Gasteiger partial charge in [0.2, 0.25) is 0 Å². The van der Waals surface area contributed by atoms with Gasteiger partial charge in [0, 0.05) is 12.4 Å². The number of aromatic nitrogens is 2. The Hall–Kier alpha value is -0.805. The Balaban J connectivity index is 2.53. The van der Waals surface area contributed by atoms with Crippen molar-refractivity contribution >= 4 is 12.9 Å². The van der Waals surface area contributed by atoms with E-state index in [4.69, 9.17) is 4.65 Å². The minimum Gasteiger partial charge on any atom is -0.427 e. The Morgan fingerprint density at radius 3 is 2.50 bits per heavy atom. The molecule has 2 N–H and O–H groups in total. The summed E-state index contributed by atoms with van der Waals surface area (Å²) in [4.78, 5) is 0. The summed E-state index contributed by atoms with van der Waals surface area (Å²) < 4.78 is 5.63. The van der Waals surface area contributed by atoms with Gasteiger partial charge in [-0.2, -0.15) is 5.10 Å². The van der Waals surface area contributed by atoms with Crippen LogP contribution in [0.5, 0.6) is 0 Å². The van der Waals surface area contributed by atoms with E-state index in [2.05, 4.69) is 10.2 Å². The van der Waals surface area contributed by atoms with Gasteiger partial charge in [-0.05, 0) is 33.2 Å². The fraction of sp³-hybridized carbons (Fsp3) is 0.667. The van der Waals surface area contributed by atoms with Crippen LogP contribution in [0.15, 0.2) is 12.4 Å². The largest absolute Gasteiger partial charge is 0.427 e. The van der Waals surface area contributed by atoms with E-state index in [1.54, 1.807) is 26.2 Å². The number of nitrogens with one attached hydrogen (secondary N) is 1. The lowest BCUT2D eigenvalue weighted by atomic mass is 9.84. The highest BCUT2D eigenvalue weighted by Gasteiger charge is 2.35. The third kappa shape index (κ3) is 2.59. The summed E-state index contributed by atoms with van der Waals surface area (Å²) in [6.45, 7) is 7.21. The maximum absolute atomic E-state index is 9.83. The monoisotopic (exact) mass is 196 g/mol. The molecule has 0 amide bonds. The molecule has 78 valence electrons. The zero-order chi connectivity index (χ0) is 10.8. The second kappa shape index (κ2) is 3.75. The summed E-state index contributed by atoms with van der Waals surface area (Å²) in [5.74, 6) is 0. The van der Waals surface area contributed by atoms with Crippen LogP contribution in [0, 0.1) is 0 Å². The first kappa shape index (κ1) is 11.3. The van der Waals surface area contributed by atoms with Gasteiger partial charge in [-0.1, -0.05) is 0 Å². The highest BCUT2D eigenvalue weighted by molar-refractivity contribution is 6.46. The van der Waals surface area contributed by atoms with Crippen molar-refractivity contribution in [3.63, 3.8) is 0 Å². The molecule has 0 bridgehead atoms. The molecule has 0 saturated carbocycles. The molecule has 0 radical (unpaired) electrons. The third-order valence-electron chi connectivity index (χ3n) is 2.63. The Morgan fingerprint density at radius 1 is 1.43 bits per heavy atom. The van der Waals surface area contributed by atoms with Crippen LogP contribution in [0.3, 0.4) is 0 Å². The summed E-state index contributed by atoms with van der Waals surface area (Å²) in [6.07, 6.45) is 3.49. The molecular weight excluding hydrogens is 179 g/mol. The number of aliphatic hydroxyl groups is 1. The maximum atomic E-state index is 9.83. The molecule has 4 nitrogen and oxygen atoms in total. The SMILES string of the molecule is CC(C)(O)C(C)(C)OBc1cn[nH]c1. The quantitative estimate of drug-likeness (QED) is 0.664. The zero-order valence-electron chi connectivity index (χ0n) is 9.16. The van der Waals surface area contributed by atoms with E-state index in [0.717, 1.165) is 5.46 Å². The van der Waals surface area contributed by atoms with Gasteiger partial charge in [0.15, 0.2) is 0 Å². The van der Waals surface area contributed by atoms with Crippen molar-refractivity contribution in [3.05, 3.63) is 12.4 Å². The van der Waals surface area contributed by atoms with Crippen LogP contribution in [0.2, 0.25) is 0 Å². The summed E-state index contributed by atoms with van der Waals surface area (Å²) in [5, 5.41) is 16.4. The van der Waals surface area contributed by atoms with Gasteiger partial charge < -0.3 is 9.76 Å². The van der Waals surface area contributed by atoms with E-state index in [0.29, 0.717) is 7.48 Å². The predicted molar refractivity (Wildman–Crippen MR) is 56.8 cm³/mol. The van der Waals surface area contributed by atoms with Gasteiger partial charge >= 0.3 is 7.48 Å². The Labute approximate surface area is 84.9 Å². The molecule has 0 unspecified atom stereocenters. The molecule has 14 heavy (non-hydrogen) atoms. The van der Waals surface area contributed by atoms with E-state index >= 15 is 0 Å². The third-order valence-corrected chi connectivity index (χ3v) is 2.63. The molecule has 0 aliphatic rings. The summed E-state index contributed by atoms with van der Waals surface area (Å²) in [5.41, 5.74) is -0.469. The van der Waals surface area contributed by atoms with Crippen LogP contribution in [-0.4, -0.2) is 34.0 Å². The number of hydrogen-bond acceptors (Lipinski definition) is 3. The first-order chi connectivity index (χ1) is 6.33. The van der Waals surface area contributed by atoms with E-state index in [-0.39, 0.29) is 0 Å². The fourth-order valence-electron chi connectivity index (χ4n) is 0.797. The number of H-pyrrole nitrogens is 1. The Morgan fingerprint density at radius 2 is 2.07 bits per heavy atom. The van der Waals surface area contributed by atoms with Gasteiger partial charge in [-0.15, -0.1) is 0 Å². The molecule has 1 rings (SSSR count). The molecule has 1 heterocycles. The number of rotatable bonds is 4. The second-order valence-corrected chi connectivity index (χ2v) is 4.46. The molecule has 1 aromatic heterocycles. The molecule has 5 heteroatoms. The predicted octanol–water partition coefficient (Wildman–Crippen LogP) is -0.0474. The minimum atomic E-state index is -0.864. The minimum absolute atomic E-state index is 0.452. The molecule has 0 aliphatic heterocycles. The lowest BCUT2D eigenvalue weighted by Gasteiger charge is -2.37. The molecule has 0 atom stereocenters. The molecule has 0 spiro atoms. The van der Waals surface area contributed by atoms with Crippen LogP contribution in [0.1, 0.15) is 27.7 Å². The van der Waals surface area contributed by atoms with E-state index in [1.807, 2.05) is 13.8 Å². The molecule has 0 saturated heterocycles. The lowest BCUT2D eigenvalue weighted by molar-refractivity contribution is -0.0893. The van der Waals surface area contributed by atoms with Gasteiger partial charge in [0.05, 0.1) is 11.2 Å². The van der Waals surface area contributed by atoms with Crippen molar-refractivity contribution in [1.82, 2.24) is 10.2 Å². The maximum Gasteiger partial charge on any atom is 0.312 e. The van der Waals surface area contributed by atoms with Crippen LogP contribution < -0.4 is 5.46 Å². The first-order valence-electron chi connectivity index (χ1n) is 4.67. The highest BCUT2D eigenvalue weighted by atomic mass is 16.5. The fourth-order valence-corrected chi connectivity index (χ4v) is 0.797. The van der Waals surface area contributed by atoms with Crippen molar-refractivity contribution in [2.45, 2.75) is 38.9 Å². The van der Waals surface area contributed by atoms with Gasteiger partial charge in [0.1, 0.15) is 0 Å². The van der Waals surface area contributed by atoms with Crippen molar-refractivity contribution in [1.29, 1.82) is 0 Å². The van der Waals surface area contributed by atoms with Crippen molar-refractivity contribution < 1.29 is 9.76 Å². The van der Waals surface area contributed by atoms with Crippen molar-refractivity contribution in [2.75, 3.05) is 0 Å². The van der Waals surface area contributed by atoms with Gasteiger partial charge in [-0.3, -0.25) is 5.10 Å². The average Bonchev–Trinajstić information content (AvgIpc) is 2.50. The molecule has 0 fully saturated rings. The van der Waals surface area contributed by atoms with Gasteiger partial charge in [-0.25, -0.2) is 0 Å². The van der Waals surface area contributed by atoms with Crippen LogP contribution in [0.4, 0.5) is 0 Å². The molecule has 0 aliphatic carbocycles. The normalized spacial score (nSPS) is 12.9. The van der Waals surface area contributed by atoms with E-state index in [1.165, 1.54) is 0 Å². The van der Waals surface area contributed by atoms with E-state index in [9.17, 15) is 5.11 Å². The number of aromatic amines is 1. The second-order valence-electron chi connectivity index (χ2n) is 4.46. The van der Waals surface area contributed by atoms with Crippen LogP contribution in [0.25, 0.3) is 0 Å².